The number of carbonyl (C=O) groups excluding carboxylic acids is 2. The van der Waals surface area contributed by atoms with Gasteiger partial charge in [0.1, 0.15) is 5.82 Å². The lowest BCUT2D eigenvalue weighted by Gasteiger charge is -2.20. The first-order valence-electron chi connectivity index (χ1n) is 12.0. The third-order valence-corrected chi connectivity index (χ3v) is 6.98. The zero-order chi connectivity index (χ0) is 27.6. The number of aromatic nitrogens is 3. The van der Waals surface area contributed by atoms with Gasteiger partial charge in [0.2, 0.25) is 11.8 Å². The first kappa shape index (κ1) is 27.1. The molecule has 1 atom stereocenters. The van der Waals surface area contributed by atoms with Gasteiger partial charge >= 0.3 is 0 Å². The minimum absolute atomic E-state index is 0.00715. The maximum Gasteiger partial charge on any atom is 0.261 e. The molecule has 198 valence electrons. The number of primary amides is 1. The number of pyridine rings is 1. The summed E-state index contributed by atoms with van der Waals surface area (Å²) in [5.74, 6) is -0.871. The van der Waals surface area contributed by atoms with E-state index in [9.17, 15) is 19.1 Å². The van der Waals surface area contributed by atoms with E-state index in [2.05, 4.69) is 15.5 Å². The molecular formula is C27H28FN5O4S. The van der Waals surface area contributed by atoms with Crippen molar-refractivity contribution in [3.05, 3.63) is 75.5 Å². The molecule has 0 fully saturated rings. The molecule has 0 bridgehead atoms. The predicted molar refractivity (Wildman–Crippen MR) is 141 cm³/mol. The lowest BCUT2D eigenvalue weighted by Crippen LogP contribution is -2.20. The molecule has 0 saturated carbocycles. The Morgan fingerprint density at radius 1 is 1.08 bits per heavy atom. The van der Waals surface area contributed by atoms with Gasteiger partial charge in [-0.25, -0.2) is 4.39 Å². The van der Waals surface area contributed by atoms with Gasteiger partial charge in [-0.2, -0.15) is 0 Å². The number of aliphatic hydroxyl groups excluding tert-OH is 1. The van der Waals surface area contributed by atoms with Crippen molar-refractivity contribution in [2.24, 2.45) is 11.7 Å². The van der Waals surface area contributed by atoms with Gasteiger partial charge in [-0.1, -0.05) is 26.0 Å². The van der Waals surface area contributed by atoms with E-state index >= 15 is 0 Å². The Morgan fingerprint density at radius 2 is 1.79 bits per heavy atom. The molecule has 4 aromatic rings. The van der Waals surface area contributed by atoms with Gasteiger partial charge in [-0.05, 0) is 42.2 Å². The lowest BCUT2D eigenvalue weighted by atomic mass is 9.90. The molecule has 0 aliphatic carbocycles. The molecule has 3 heterocycles. The molecule has 4 N–H and O–H groups in total. The van der Waals surface area contributed by atoms with E-state index in [-0.39, 0.29) is 29.7 Å². The first-order chi connectivity index (χ1) is 18.1. The van der Waals surface area contributed by atoms with E-state index in [1.807, 2.05) is 13.8 Å². The third-order valence-electron chi connectivity index (χ3n) is 5.88. The van der Waals surface area contributed by atoms with Crippen LogP contribution in [0.1, 0.15) is 62.8 Å². The smallest absolute Gasteiger partial charge is 0.261 e. The van der Waals surface area contributed by atoms with Crippen molar-refractivity contribution in [1.29, 1.82) is 0 Å². The summed E-state index contributed by atoms with van der Waals surface area (Å²) in [5, 5.41) is 21.8. The second-order valence-corrected chi connectivity index (χ2v) is 10.3. The van der Waals surface area contributed by atoms with Crippen LogP contribution in [0, 0.1) is 18.7 Å². The molecule has 0 aliphatic heterocycles. The van der Waals surface area contributed by atoms with Crippen LogP contribution in [0.2, 0.25) is 0 Å². The van der Waals surface area contributed by atoms with E-state index < -0.39 is 17.8 Å². The summed E-state index contributed by atoms with van der Waals surface area (Å²) >= 11 is 1.18. The Morgan fingerprint density at radius 3 is 2.37 bits per heavy atom. The number of hydrogen-bond donors (Lipinski definition) is 3. The molecule has 1 unspecified atom stereocenters. The number of hydrogen-bond acceptors (Lipinski definition) is 8. The van der Waals surface area contributed by atoms with Crippen molar-refractivity contribution in [3.63, 3.8) is 0 Å². The number of nitrogens with zero attached hydrogens (tertiary/aromatic N) is 3. The van der Waals surface area contributed by atoms with Crippen LogP contribution in [0.15, 0.2) is 40.8 Å². The Bertz CT molecular complexity index is 1480. The summed E-state index contributed by atoms with van der Waals surface area (Å²) in [5.41, 5.74) is 8.22. The number of nitrogens with one attached hydrogen (secondary N) is 1. The van der Waals surface area contributed by atoms with Gasteiger partial charge < -0.3 is 20.6 Å². The lowest BCUT2D eigenvalue weighted by molar-refractivity contribution is 0.0965. The summed E-state index contributed by atoms with van der Waals surface area (Å²) in [7, 11) is 1.53. The fourth-order valence-corrected chi connectivity index (χ4v) is 5.22. The van der Waals surface area contributed by atoms with Crippen molar-refractivity contribution in [2.45, 2.75) is 39.7 Å². The largest absolute Gasteiger partial charge is 0.421 e. The summed E-state index contributed by atoms with van der Waals surface area (Å²) in [6, 6.07) is 8.92. The summed E-state index contributed by atoms with van der Waals surface area (Å²) < 4.78 is 19.3. The molecule has 1 aromatic carbocycles. The number of rotatable bonds is 9. The van der Waals surface area contributed by atoms with Crippen molar-refractivity contribution < 1.29 is 23.5 Å². The minimum atomic E-state index is -1.05. The van der Waals surface area contributed by atoms with Crippen LogP contribution in [0.25, 0.3) is 21.9 Å². The fraction of sp³-hybridized carbons (Fsp3) is 0.296. The number of carbonyl (C=O) groups is 2. The zero-order valence-electron chi connectivity index (χ0n) is 21.4. The topological polar surface area (TPSA) is 144 Å². The monoisotopic (exact) mass is 537 g/mol. The highest BCUT2D eigenvalue weighted by molar-refractivity contribution is 7.17. The molecule has 0 radical (unpaired) electrons. The minimum Gasteiger partial charge on any atom is -0.421 e. The van der Waals surface area contributed by atoms with Crippen molar-refractivity contribution >= 4 is 23.2 Å². The van der Waals surface area contributed by atoms with Crippen molar-refractivity contribution in [2.75, 3.05) is 7.05 Å². The van der Waals surface area contributed by atoms with Gasteiger partial charge in [-0.15, -0.1) is 21.5 Å². The highest BCUT2D eigenvalue weighted by Gasteiger charge is 2.30. The first-order valence-corrected chi connectivity index (χ1v) is 12.8. The van der Waals surface area contributed by atoms with Crippen LogP contribution < -0.4 is 11.1 Å². The highest BCUT2D eigenvalue weighted by atomic mass is 32.1. The number of aryl methyl sites for hydroxylation is 1. The Hall–Kier alpha value is -3.96. The molecule has 38 heavy (non-hydrogen) atoms. The molecule has 9 nitrogen and oxygen atoms in total. The molecule has 4 rings (SSSR count). The van der Waals surface area contributed by atoms with Gasteiger partial charge in [0.05, 0.1) is 33.5 Å². The van der Waals surface area contributed by atoms with E-state index in [4.69, 9.17) is 15.1 Å². The fourth-order valence-electron chi connectivity index (χ4n) is 4.21. The average molecular weight is 538 g/mol. The third kappa shape index (κ3) is 5.63. The van der Waals surface area contributed by atoms with Crippen molar-refractivity contribution in [3.8, 4) is 21.9 Å². The van der Waals surface area contributed by atoms with Crippen LogP contribution in [0.3, 0.4) is 0 Å². The van der Waals surface area contributed by atoms with E-state index in [1.54, 1.807) is 19.1 Å². The number of benzene rings is 1. The second-order valence-electron chi connectivity index (χ2n) is 9.23. The van der Waals surface area contributed by atoms with E-state index in [0.717, 1.165) is 0 Å². The number of halogens is 1. The average Bonchev–Trinajstić information content (AvgIpc) is 3.52. The van der Waals surface area contributed by atoms with Gasteiger partial charge in [0, 0.05) is 30.8 Å². The van der Waals surface area contributed by atoms with Crippen LogP contribution in [-0.2, 0) is 12.8 Å². The van der Waals surface area contributed by atoms with Crippen LogP contribution >= 0.6 is 11.3 Å². The summed E-state index contributed by atoms with van der Waals surface area (Å²) in [6.45, 7) is 5.61. The standard InChI is InChI=1S/C27H28FN5O4S/c1-13(2)11-17-22(25(29)35)24(20-9-10-21(38-20)26(36)30-4)23(27-33-32-14(3)37-27)18(31-17)12-19(34)15-5-7-16(28)8-6-15/h5-10,13,19,34H,11-12H2,1-4H3,(H2,29,35)(H,30,36). The highest BCUT2D eigenvalue weighted by Crippen LogP contribution is 2.42. The predicted octanol–water partition coefficient (Wildman–Crippen LogP) is 4.24. The van der Waals surface area contributed by atoms with Gasteiger partial charge in [-0.3, -0.25) is 14.6 Å². The van der Waals surface area contributed by atoms with E-state index in [1.165, 1.54) is 42.6 Å². The normalized spacial score (nSPS) is 12.1. The molecule has 2 amide bonds. The zero-order valence-corrected chi connectivity index (χ0v) is 22.2. The molecule has 0 saturated heterocycles. The molecule has 3 aromatic heterocycles. The number of aliphatic hydroxyl groups is 1. The number of nitrogens with two attached hydrogens (primary N) is 1. The summed E-state index contributed by atoms with van der Waals surface area (Å²) in [6.07, 6.45) is -0.607. The quantitative estimate of drug-likeness (QED) is 0.290. The maximum absolute atomic E-state index is 13.5. The number of thiophene rings is 1. The van der Waals surface area contributed by atoms with Crippen LogP contribution in [0.4, 0.5) is 4.39 Å². The number of amides is 2. The molecule has 0 spiro atoms. The summed E-state index contributed by atoms with van der Waals surface area (Å²) in [4.78, 5) is 31.1. The Labute approximate surface area is 222 Å². The second kappa shape index (κ2) is 11.2. The molecule has 11 heteroatoms. The van der Waals surface area contributed by atoms with Gasteiger partial charge in [0.15, 0.2) is 0 Å². The van der Waals surface area contributed by atoms with Gasteiger partial charge in [0.25, 0.3) is 11.8 Å². The van der Waals surface area contributed by atoms with E-state index in [0.29, 0.717) is 50.1 Å². The maximum atomic E-state index is 13.5. The Balaban J connectivity index is 2.02. The molecule has 0 aliphatic rings. The van der Waals surface area contributed by atoms with Crippen molar-refractivity contribution in [1.82, 2.24) is 20.5 Å². The van der Waals surface area contributed by atoms with Crippen LogP contribution in [-0.4, -0.2) is 39.1 Å². The SMILES string of the molecule is CNC(=O)c1ccc(-c2c(C(N)=O)c(CC(C)C)nc(CC(O)c3ccc(F)cc3)c2-c2nnc(C)o2)s1. The van der Waals surface area contributed by atoms with Crippen LogP contribution in [0.5, 0.6) is 0 Å². The molecular weight excluding hydrogens is 509 g/mol. The Kier molecular flexibility index (Phi) is 7.98.